The first-order valence-corrected chi connectivity index (χ1v) is 8.90. The average Bonchev–Trinajstić information content (AvgIpc) is 3.38. The Bertz CT molecular complexity index is 700. The van der Waals surface area contributed by atoms with Crippen LogP contribution in [0, 0.1) is 5.92 Å². The fourth-order valence-corrected chi connectivity index (χ4v) is 2.97. The van der Waals surface area contributed by atoms with Crippen LogP contribution < -0.4 is 10.2 Å². The SMILES string of the molecule is C[C@@H](C1CC1)N(C(=O)C(=O)NC(C)(C)CCO)c1cccc(C(F)(F)F)c1. The molecule has 2 amide bonds. The number of alkyl halides is 3. The van der Waals surface area contributed by atoms with Gasteiger partial charge in [0, 0.05) is 23.9 Å². The van der Waals surface area contributed by atoms with Gasteiger partial charge in [-0.1, -0.05) is 6.07 Å². The molecule has 1 atom stereocenters. The first-order chi connectivity index (χ1) is 12.5. The van der Waals surface area contributed by atoms with Gasteiger partial charge in [-0.25, -0.2) is 0 Å². The van der Waals surface area contributed by atoms with E-state index in [9.17, 15) is 22.8 Å². The molecule has 2 N–H and O–H groups in total. The molecule has 0 spiro atoms. The normalized spacial score (nSPS) is 16.0. The van der Waals surface area contributed by atoms with E-state index in [0.29, 0.717) is 0 Å². The van der Waals surface area contributed by atoms with E-state index in [1.165, 1.54) is 12.1 Å². The predicted octanol–water partition coefficient (Wildman–Crippen LogP) is 3.11. The van der Waals surface area contributed by atoms with Crippen LogP contribution in [0.15, 0.2) is 24.3 Å². The van der Waals surface area contributed by atoms with Crippen LogP contribution in [0.1, 0.15) is 45.6 Å². The van der Waals surface area contributed by atoms with Crippen molar-refractivity contribution in [1.29, 1.82) is 0 Å². The number of aliphatic hydroxyl groups is 1. The van der Waals surface area contributed by atoms with Crippen LogP contribution >= 0.6 is 0 Å². The number of anilines is 1. The number of carbonyl (C=O) groups excluding carboxylic acids is 2. The molecule has 0 unspecified atom stereocenters. The summed E-state index contributed by atoms with van der Waals surface area (Å²) in [6.45, 7) is 4.89. The fourth-order valence-electron chi connectivity index (χ4n) is 2.97. The number of nitrogens with zero attached hydrogens (tertiary/aromatic N) is 1. The summed E-state index contributed by atoms with van der Waals surface area (Å²) in [6.07, 6.45) is -2.57. The minimum absolute atomic E-state index is 0.0457. The molecule has 27 heavy (non-hydrogen) atoms. The Kier molecular flexibility index (Phi) is 6.19. The van der Waals surface area contributed by atoms with Gasteiger partial charge in [-0.3, -0.25) is 9.59 Å². The minimum atomic E-state index is -4.54. The summed E-state index contributed by atoms with van der Waals surface area (Å²) in [5.41, 5.74) is -1.64. The van der Waals surface area contributed by atoms with Crippen LogP contribution in [0.2, 0.25) is 0 Å². The second-order valence-corrected chi connectivity index (χ2v) is 7.61. The lowest BCUT2D eigenvalue weighted by Gasteiger charge is -2.31. The number of aliphatic hydroxyl groups excluding tert-OH is 1. The summed E-state index contributed by atoms with van der Waals surface area (Å²) in [7, 11) is 0. The zero-order valence-corrected chi connectivity index (χ0v) is 15.6. The number of amides is 2. The van der Waals surface area contributed by atoms with E-state index in [1.54, 1.807) is 20.8 Å². The molecule has 5 nitrogen and oxygen atoms in total. The molecule has 0 saturated heterocycles. The molecule has 1 aromatic rings. The van der Waals surface area contributed by atoms with Crippen LogP contribution in [-0.4, -0.2) is 35.1 Å². The molecule has 0 aliphatic heterocycles. The van der Waals surface area contributed by atoms with Crippen molar-refractivity contribution >= 4 is 17.5 Å². The van der Waals surface area contributed by atoms with Crippen LogP contribution in [0.25, 0.3) is 0 Å². The molecule has 1 aromatic carbocycles. The molecule has 1 saturated carbocycles. The molecule has 1 aliphatic rings. The molecule has 0 radical (unpaired) electrons. The van der Waals surface area contributed by atoms with E-state index < -0.39 is 35.1 Å². The van der Waals surface area contributed by atoms with Gasteiger partial charge in [0.2, 0.25) is 0 Å². The van der Waals surface area contributed by atoms with Crippen molar-refractivity contribution in [2.24, 2.45) is 5.92 Å². The molecule has 1 aliphatic carbocycles. The topological polar surface area (TPSA) is 69.6 Å². The van der Waals surface area contributed by atoms with Crippen LogP contribution in [0.3, 0.4) is 0 Å². The third kappa shape index (κ3) is 5.45. The van der Waals surface area contributed by atoms with Gasteiger partial charge in [0.15, 0.2) is 0 Å². The standard InChI is InChI=1S/C19H25F3N2O3/c1-12(13-7-8-13)24(15-6-4-5-14(11-15)19(20,21)22)17(27)16(26)23-18(2,3)9-10-25/h4-6,11-13,25H,7-10H2,1-3H3,(H,23,26)/t12-/m0/s1. The van der Waals surface area contributed by atoms with E-state index in [4.69, 9.17) is 5.11 Å². The maximum absolute atomic E-state index is 13.1. The Labute approximate surface area is 156 Å². The third-order valence-electron chi connectivity index (χ3n) is 4.76. The highest BCUT2D eigenvalue weighted by Crippen LogP contribution is 2.38. The van der Waals surface area contributed by atoms with Crippen LogP contribution in [0.4, 0.5) is 18.9 Å². The molecular formula is C19H25F3N2O3. The Morgan fingerprint density at radius 1 is 1.30 bits per heavy atom. The van der Waals surface area contributed by atoms with E-state index >= 15 is 0 Å². The number of rotatable bonds is 6. The van der Waals surface area contributed by atoms with Gasteiger partial charge in [-0.05, 0) is 64.2 Å². The second-order valence-electron chi connectivity index (χ2n) is 7.61. The van der Waals surface area contributed by atoms with E-state index in [0.717, 1.165) is 29.9 Å². The van der Waals surface area contributed by atoms with Gasteiger partial charge < -0.3 is 15.3 Å². The van der Waals surface area contributed by atoms with Gasteiger partial charge >= 0.3 is 18.0 Å². The summed E-state index contributed by atoms with van der Waals surface area (Å²) >= 11 is 0. The van der Waals surface area contributed by atoms with Crippen molar-refractivity contribution < 1.29 is 27.9 Å². The smallest absolute Gasteiger partial charge is 0.396 e. The first-order valence-electron chi connectivity index (χ1n) is 8.90. The molecular weight excluding hydrogens is 361 g/mol. The highest BCUT2D eigenvalue weighted by atomic mass is 19.4. The van der Waals surface area contributed by atoms with E-state index in [-0.39, 0.29) is 24.6 Å². The van der Waals surface area contributed by atoms with Gasteiger partial charge in [-0.2, -0.15) is 13.2 Å². The summed E-state index contributed by atoms with van der Waals surface area (Å²) in [4.78, 5) is 26.5. The van der Waals surface area contributed by atoms with Crippen molar-refractivity contribution in [3.63, 3.8) is 0 Å². The van der Waals surface area contributed by atoms with Crippen molar-refractivity contribution in [2.75, 3.05) is 11.5 Å². The summed E-state index contributed by atoms with van der Waals surface area (Å²) in [5.74, 6) is -1.65. The monoisotopic (exact) mass is 386 g/mol. The summed E-state index contributed by atoms with van der Waals surface area (Å²) < 4.78 is 39.2. The third-order valence-corrected chi connectivity index (χ3v) is 4.76. The lowest BCUT2D eigenvalue weighted by molar-refractivity contribution is -0.139. The number of nitrogens with one attached hydrogen (secondary N) is 1. The van der Waals surface area contributed by atoms with Crippen LogP contribution in [-0.2, 0) is 15.8 Å². The zero-order chi connectivity index (χ0) is 20.4. The lowest BCUT2D eigenvalue weighted by atomic mass is 10.0. The van der Waals surface area contributed by atoms with E-state index in [2.05, 4.69) is 5.32 Å². The number of hydrogen-bond donors (Lipinski definition) is 2. The van der Waals surface area contributed by atoms with E-state index in [1.807, 2.05) is 0 Å². The fraction of sp³-hybridized carbons (Fsp3) is 0.579. The van der Waals surface area contributed by atoms with Gasteiger partial charge in [0.05, 0.1) is 5.56 Å². The van der Waals surface area contributed by atoms with Gasteiger partial charge in [0.25, 0.3) is 0 Å². The number of halogens is 3. The van der Waals surface area contributed by atoms with Crippen molar-refractivity contribution in [3.8, 4) is 0 Å². The predicted molar refractivity (Wildman–Crippen MR) is 95.0 cm³/mol. The number of carbonyl (C=O) groups is 2. The highest BCUT2D eigenvalue weighted by molar-refractivity contribution is 6.40. The summed E-state index contributed by atoms with van der Waals surface area (Å²) in [6, 6.07) is 4.05. The summed E-state index contributed by atoms with van der Waals surface area (Å²) in [5, 5.41) is 11.6. The highest BCUT2D eigenvalue weighted by Gasteiger charge is 2.39. The average molecular weight is 386 g/mol. The zero-order valence-electron chi connectivity index (χ0n) is 15.6. The second kappa shape index (κ2) is 7.88. The molecule has 150 valence electrons. The van der Waals surface area contributed by atoms with Gasteiger partial charge in [0.1, 0.15) is 0 Å². The Morgan fingerprint density at radius 3 is 2.44 bits per heavy atom. The first kappa shape index (κ1) is 21.2. The van der Waals surface area contributed by atoms with Crippen molar-refractivity contribution in [1.82, 2.24) is 5.32 Å². The number of benzene rings is 1. The molecule has 2 rings (SSSR count). The Balaban J connectivity index is 2.32. The quantitative estimate of drug-likeness (QED) is 0.738. The van der Waals surface area contributed by atoms with Crippen LogP contribution in [0.5, 0.6) is 0 Å². The maximum Gasteiger partial charge on any atom is 0.416 e. The molecule has 0 aromatic heterocycles. The lowest BCUT2D eigenvalue weighted by Crippen LogP contribution is -2.53. The Morgan fingerprint density at radius 2 is 1.93 bits per heavy atom. The molecule has 0 heterocycles. The molecule has 1 fully saturated rings. The molecule has 0 bridgehead atoms. The maximum atomic E-state index is 13.1. The van der Waals surface area contributed by atoms with Crippen molar-refractivity contribution in [3.05, 3.63) is 29.8 Å². The molecule has 8 heteroatoms. The largest absolute Gasteiger partial charge is 0.416 e. The number of hydrogen-bond acceptors (Lipinski definition) is 3. The Hall–Kier alpha value is -2.09. The van der Waals surface area contributed by atoms with Crippen molar-refractivity contribution in [2.45, 2.75) is 57.8 Å². The minimum Gasteiger partial charge on any atom is -0.396 e. The van der Waals surface area contributed by atoms with Gasteiger partial charge in [-0.15, -0.1) is 0 Å².